The summed E-state index contributed by atoms with van der Waals surface area (Å²) in [6.07, 6.45) is 5.91. The van der Waals surface area contributed by atoms with Gasteiger partial charge in [0.25, 0.3) is 5.91 Å². The molecular formula is C19H25N5O2. The highest BCUT2D eigenvalue weighted by Crippen LogP contribution is 2.31. The number of fused-ring (bicyclic) bond motifs is 3. The van der Waals surface area contributed by atoms with Crippen LogP contribution in [0.3, 0.4) is 0 Å². The fourth-order valence-corrected chi connectivity index (χ4v) is 4.20. The van der Waals surface area contributed by atoms with Crippen molar-refractivity contribution in [1.29, 1.82) is 0 Å². The SMILES string of the molecule is Cc1cncc(C(=O)N2C3CCC2Cn2c(nn(CC(C)C)c2=O)C3)c1. The fourth-order valence-electron chi connectivity index (χ4n) is 4.20. The molecule has 0 radical (unpaired) electrons. The van der Waals surface area contributed by atoms with Crippen molar-refractivity contribution in [2.75, 3.05) is 0 Å². The van der Waals surface area contributed by atoms with E-state index >= 15 is 0 Å². The Labute approximate surface area is 152 Å². The van der Waals surface area contributed by atoms with E-state index < -0.39 is 0 Å². The summed E-state index contributed by atoms with van der Waals surface area (Å²) in [6, 6.07) is 2.03. The number of pyridine rings is 1. The number of nitrogens with zero attached hydrogens (tertiary/aromatic N) is 5. The summed E-state index contributed by atoms with van der Waals surface area (Å²) in [6.45, 7) is 7.26. The lowest BCUT2D eigenvalue weighted by Gasteiger charge is -2.28. The Balaban J connectivity index is 1.64. The van der Waals surface area contributed by atoms with E-state index in [4.69, 9.17) is 0 Å². The summed E-state index contributed by atoms with van der Waals surface area (Å²) in [5.74, 6) is 1.19. The standard InChI is InChI=1S/C19H25N5O2/c1-12(2)10-23-19(26)22-11-16-5-4-15(7-17(22)21-23)24(16)18(25)14-6-13(3)8-20-9-14/h6,8-9,12,15-16H,4-5,7,10-11H2,1-3H3. The van der Waals surface area contributed by atoms with Crippen LogP contribution in [0.5, 0.6) is 0 Å². The van der Waals surface area contributed by atoms with E-state index in [-0.39, 0.29) is 23.7 Å². The molecule has 2 atom stereocenters. The maximum absolute atomic E-state index is 13.1. The van der Waals surface area contributed by atoms with Crippen LogP contribution in [-0.2, 0) is 19.5 Å². The van der Waals surface area contributed by atoms with Gasteiger partial charge in [0, 0.05) is 37.9 Å². The molecule has 4 rings (SSSR count). The number of carbonyl (C=O) groups excluding carboxylic acids is 1. The zero-order chi connectivity index (χ0) is 18.4. The first-order valence-electron chi connectivity index (χ1n) is 9.35. The van der Waals surface area contributed by atoms with E-state index in [1.165, 1.54) is 0 Å². The van der Waals surface area contributed by atoms with E-state index in [2.05, 4.69) is 23.9 Å². The van der Waals surface area contributed by atoms with Gasteiger partial charge in [-0.25, -0.2) is 9.48 Å². The molecule has 7 nitrogen and oxygen atoms in total. The molecule has 0 aromatic carbocycles. The Morgan fingerprint density at radius 3 is 2.77 bits per heavy atom. The molecule has 2 aliphatic heterocycles. The molecule has 138 valence electrons. The molecule has 2 aliphatic rings. The average molecular weight is 355 g/mol. The minimum absolute atomic E-state index is 0.0157. The summed E-state index contributed by atoms with van der Waals surface area (Å²) < 4.78 is 3.36. The second-order valence-electron chi connectivity index (χ2n) is 7.94. The molecule has 2 aromatic heterocycles. The van der Waals surface area contributed by atoms with Crippen LogP contribution < -0.4 is 5.69 Å². The number of rotatable bonds is 3. The largest absolute Gasteiger partial charge is 0.345 e. The van der Waals surface area contributed by atoms with Crippen molar-refractivity contribution in [2.45, 2.75) is 65.2 Å². The lowest BCUT2D eigenvalue weighted by atomic mass is 10.1. The lowest BCUT2D eigenvalue weighted by Crippen LogP contribution is -2.43. The van der Waals surface area contributed by atoms with Crippen LogP contribution in [0.2, 0.25) is 0 Å². The van der Waals surface area contributed by atoms with Gasteiger partial charge >= 0.3 is 5.69 Å². The molecule has 7 heteroatoms. The van der Waals surface area contributed by atoms with Gasteiger partial charge in [0.2, 0.25) is 0 Å². The minimum Gasteiger partial charge on any atom is -0.330 e. The normalized spacial score (nSPS) is 21.8. The summed E-state index contributed by atoms with van der Waals surface area (Å²) >= 11 is 0. The zero-order valence-electron chi connectivity index (χ0n) is 15.6. The first-order valence-corrected chi connectivity index (χ1v) is 9.35. The van der Waals surface area contributed by atoms with Crippen LogP contribution in [0, 0.1) is 12.8 Å². The predicted octanol–water partition coefficient (Wildman–Crippen LogP) is 1.63. The second-order valence-corrected chi connectivity index (χ2v) is 7.94. The smallest absolute Gasteiger partial charge is 0.330 e. The highest BCUT2D eigenvalue weighted by atomic mass is 16.2. The molecular weight excluding hydrogens is 330 g/mol. The quantitative estimate of drug-likeness (QED) is 0.839. The van der Waals surface area contributed by atoms with E-state index in [0.717, 1.165) is 24.2 Å². The Morgan fingerprint density at radius 2 is 2.04 bits per heavy atom. The van der Waals surface area contributed by atoms with Crippen molar-refractivity contribution < 1.29 is 4.79 Å². The Bertz CT molecular complexity index is 898. The maximum atomic E-state index is 13.1. The molecule has 1 amide bonds. The summed E-state index contributed by atoms with van der Waals surface area (Å²) in [4.78, 5) is 32.0. The Morgan fingerprint density at radius 1 is 1.27 bits per heavy atom. The molecule has 0 spiro atoms. The van der Waals surface area contributed by atoms with Crippen molar-refractivity contribution in [1.82, 2.24) is 24.2 Å². The second kappa shape index (κ2) is 6.37. The number of amides is 1. The molecule has 0 saturated carbocycles. The molecule has 2 bridgehead atoms. The number of hydrogen-bond acceptors (Lipinski definition) is 4. The molecule has 26 heavy (non-hydrogen) atoms. The Kier molecular flexibility index (Phi) is 4.17. The van der Waals surface area contributed by atoms with Gasteiger partial charge in [0.1, 0.15) is 5.82 Å². The van der Waals surface area contributed by atoms with Crippen LogP contribution in [0.25, 0.3) is 0 Å². The summed E-state index contributed by atoms with van der Waals surface area (Å²) in [7, 11) is 0. The molecule has 2 unspecified atom stereocenters. The number of aryl methyl sites for hydroxylation is 1. The predicted molar refractivity (Wildman–Crippen MR) is 97.0 cm³/mol. The third kappa shape index (κ3) is 2.85. The zero-order valence-corrected chi connectivity index (χ0v) is 15.6. The molecule has 1 saturated heterocycles. The van der Waals surface area contributed by atoms with Gasteiger partial charge in [-0.2, -0.15) is 5.10 Å². The van der Waals surface area contributed by atoms with Crippen molar-refractivity contribution in [3.63, 3.8) is 0 Å². The highest BCUT2D eigenvalue weighted by molar-refractivity contribution is 5.94. The third-order valence-corrected chi connectivity index (χ3v) is 5.33. The first kappa shape index (κ1) is 17.0. The van der Waals surface area contributed by atoms with Crippen LogP contribution in [0.15, 0.2) is 23.3 Å². The minimum atomic E-state index is -0.0501. The van der Waals surface area contributed by atoms with E-state index in [1.807, 2.05) is 17.9 Å². The number of carbonyl (C=O) groups is 1. The van der Waals surface area contributed by atoms with E-state index in [9.17, 15) is 9.59 Å². The average Bonchev–Trinajstić information content (AvgIpc) is 3.03. The topological polar surface area (TPSA) is 73.0 Å². The molecule has 4 heterocycles. The van der Waals surface area contributed by atoms with Gasteiger partial charge in [-0.1, -0.05) is 13.8 Å². The summed E-state index contributed by atoms with van der Waals surface area (Å²) in [5, 5.41) is 4.57. The maximum Gasteiger partial charge on any atom is 0.345 e. The number of aromatic nitrogens is 4. The van der Waals surface area contributed by atoms with Gasteiger partial charge in [-0.15, -0.1) is 0 Å². The third-order valence-electron chi connectivity index (χ3n) is 5.33. The van der Waals surface area contributed by atoms with Crippen LogP contribution in [0.1, 0.15) is 48.4 Å². The lowest BCUT2D eigenvalue weighted by molar-refractivity contribution is 0.0664. The van der Waals surface area contributed by atoms with Crippen molar-refractivity contribution in [2.24, 2.45) is 5.92 Å². The molecule has 0 aliphatic carbocycles. The monoisotopic (exact) mass is 355 g/mol. The van der Waals surface area contributed by atoms with Crippen molar-refractivity contribution in [3.8, 4) is 0 Å². The first-order chi connectivity index (χ1) is 12.4. The fraction of sp³-hybridized carbons (Fsp3) is 0.579. The van der Waals surface area contributed by atoms with Crippen LogP contribution >= 0.6 is 0 Å². The summed E-state index contributed by atoms with van der Waals surface area (Å²) in [5.41, 5.74) is 1.55. The van der Waals surface area contributed by atoms with Gasteiger partial charge in [0.15, 0.2) is 0 Å². The Hall–Kier alpha value is -2.44. The molecule has 2 aromatic rings. The van der Waals surface area contributed by atoms with E-state index in [1.54, 1.807) is 21.6 Å². The molecule has 0 N–H and O–H groups in total. The number of hydrogen-bond donors (Lipinski definition) is 0. The van der Waals surface area contributed by atoms with Crippen LogP contribution in [0.4, 0.5) is 0 Å². The van der Waals surface area contributed by atoms with E-state index in [0.29, 0.717) is 31.0 Å². The van der Waals surface area contributed by atoms with Gasteiger partial charge < -0.3 is 4.90 Å². The van der Waals surface area contributed by atoms with Crippen LogP contribution in [-0.4, -0.2) is 42.2 Å². The van der Waals surface area contributed by atoms with Gasteiger partial charge in [0.05, 0.1) is 11.6 Å². The van der Waals surface area contributed by atoms with Crippen molar-refractivity contribution in [3.05, 3.63) is 45.9 Å². The van der Waals surface area contributed by atoms with Gasteiger partial charge in [-0.3, -0.25) is 14.3 Å². The van der Waals surface area contributed by atoms with Crippen molar-refractivity contribution >= 4 is 5.91 Å². The van der Waals surface area contributed by atoms with Gasteiger partial charge in [-0.05, 0) is 37.3 Å². The molecule has 1 fully saturated rings. The highest BCUT2D eigenvalue weighted by Gasteiger charge is 2.41.